The molecule has 0 radical (unpaired) electrons. The first-order chi connectivity index (χ1) is 9.94. The molecule has 1 aromatic carbocycles. The summed E-state index contributed by atoms with van der Waals surface area (Å²) in [4.78, 5) is 2.03. The highest BCUT2D eigenvalue weighted by Gasteiger charge is 2.32. The van der Waals surface area contributed by atoms with E-state index in [0.717, 1.165) is 24.4 Å². The second-order valence-electron chi connectivity index (χ2n) is 5.52. The van der Waals surface area contributed by atoms with Crippen molar-refractivity contribution in [3.8, 4) is 0 Å². The molecule has 1 fully saturated rings. The summed E-state index contributed by atoms with van der Waals surface area (Å²) >= 11 is 1.72. The van der Waals surface area contributed by atoms with Crippen LogP contribution in [-0.2, 0) is 16.3 Å². The maximum absolute atomic E-state index is 12.3. The maximum Gasteiger partial charge on any atom is 0.171 e. The Balaban J connectivity index is 2.21. The minimum Gasteiger partial charge on any atom is -0.353 e. The van der Waals surface area contributed by atoms with E-state index in [-0.39, 0.29) is 11.8 Å². The Morgan fingerprint density at radius 3 is 2.62 bits per heavy atom. The van der Waals surface area contributed by atoms with Crippen LogP contribution in [0.1, 0.15) is 19.4 Å². The number of hydrogen-bond donors (Lipinski definition) is 1. The van der Waals surface area contributed by atoms with Crippen molar-refractivity contribution >= 4 is 27.3 Å². The number of rotatable bonds is 5. The minimum absolute atomic E-state index is 0.135. The standard InChI is InChI=1S/C15H24N2O2S2/c1-3-21(18,19)15-11-20-9-8-17(15)14-6-4-13(5-7-14)10-12(2)16/h4-7,12,15H,3,8-11,16H2,1-2H3. The molecule has 1 aromatic rings. The number of benzene rings is 1. The Bertz CT molecular complexity index is 556. The summed E-state index contributed by atoms with van der Waals surface area (Å²) in [5, 5.41) is -0.402. The van der Waals surface area contributed by atoms with Gasteiger partial charge in [0.2, 0.25) is 0 Å². The monoisotopic (exact) mass is 328 g/mol. The van der Waals surface area contributed by atoms with Crippen LogP contribution in [0.3, 0.4) is 0 Å². The molecule has 6 heteroatoms. The molecule has 21 heavy (non-hydrogen) atoms. The van der Waals surface area contributed by atoms with E-state index in [9.17, 15) is 8.42 Å². The van der Waals surface area contributed by atoms with E-state index in [4.69, 9.17) is 5.73 Å². The van der Waals surface area contributed by atoms with Crippen LogP contribution in [-0.4, -0.2) is 43.6 Å². The fourth-order valence-corrected chi connectivity index (χ4v) is 5.55. The molecule has 0 bridgehead atoms. The van der Waals surface area contributed by atoms with E-state index in [1.165, 1.54) is 5.56 Å². The van der Waals surface area contributed by atoms with Crippen molar-refractivity contribution < 1.29 is 8.42 Å². The summed E-state index contributed by atoms with van der Waals surface area (Å²) in [5.41, 5.74) is 7.99. The normalized spacial score (nSPS) is 21.3. The SMILES string of the molecule is CCS(=O)(=O)C1CSCCN1c1ccc(CC(C)N)cc1. The molecule has 2 atom stereocenters. The highest BCUT2D eigenvalue weighted by atomic mass is 32.2. The first-order valence-electron chi connectivity index (χ1n) is 7.34. The van der Waals surface area contributed by atoms with Gasteiger partial charge in [-0.05, 0) is 31.0 Å². The van der Waals surface area contributed by atoms with Crippen LogP contribution in [0, 0.1) is 0 Å². The van der Waals surface area contributed by atoms with E-state index < -0.39 is 15.2 Å². The van der Waals surface area contributed by atoms with Gasteiger partial charge in [0.1, 0.15) is 5.37 Å². The lowest BCUT2D eigenvalue weighted by atomic mass is 10.1. The molecule has 1 heterocycles. The molecule has 0 amide bonds. The van der Waals surface area contributed by atoms with Gasteiger partial charge < -0.3 is 10.6 Å². The van der Waals surface area contributed by atoms with E-state index in [2.05, 4.69) is 12.1 Å². The van der Waals surface area contributed by atoms with Gasteiger partial charge in [0.25, 0.3) is 0 Å². The zero-order valence-corrected chi connectivity index (χ0v) is 14.3. The Kier molecular flexibility index (Phi) is 5.57. The van der Waals surface area contributed by atoms with E-state index >= 15 is 0 Å². The Hall–Kier alpha value is -0.720. The summed E-state index contributed by atoms with van der Waals surface area (Å²) in [7, 11) is -3.06. The highest BCUT2D eigenvalue weighted by molar-refractivity contribution is 8.01. The average Bonchev–Trinajstić information content (AvgIpc) is 2.47. The van der Waals surface area contributed by atoms with Crippen molar-refractivity contribution in [2.75, 3.05) is 28.7 Å². The number of nitrogens with zero attached hydrogens (tertiary/aromatic N) is 1. The van der Waals surface area contributed by atoms with Crippen molar-refractivity contribution in [3.05, 3.63) is 29.8 Å². The van der Waals surface area contributed by atoms with E-state index in [1.54, 1.807) is 18.7 Å². The second kappa shape index (κ2) is 7.03. The highest BCUT2D eigenvalue weighted by Crippen LogP contribution is 2.27. The van der Waals surface area contributed by atoms with Crippen molar-refractivity contribution in [1.29, 1.82) is 0 Å². The maximum atomic E-state index is 12.3. The zero-order valence-electron chi connectivity index (χ0n) is 12.7. The summed E-state index contributed by atoms with van der Waals surface area (Å²) in [6, 6.07) is 8.28. The van der Waals surface area contributed by atoms with Crippen LogP contribution < -0.4 is 10.6 Å². The van der Waals surface area contributed by atoms with Gasteiger partial charge in [-0.1, -0.05) is 19.1 Å². The zero-order chi connectivity index (χ0) is 15.5. The van der Waals surface area contributed by atoms with E-state index in [0.29, 0.717) is 5.75 Å². The largest absolute Gasteiger partial charge is 0.353 e. The third-order valence-corrected chi connectivity index (χ3v) is 7.02. The predicted molar refractivity (Wildman–Crippen MR) is 91.7 cm³/mol. The number of anilines is 1. The fraction of sp³-hybridized carbons (Fsp3) is 0.600. The topological polar surface area (TPSA) is 63.4 Å². The van der Waals surface area contributed by atoms with Gasteiger partial charge in [-0.25, -0.2) is 8.42 Å². The summed E-state index contributed by atoms with van der Waals surface area (Å²) in [6.45, 7) is 4.49. The molecule has 4 nitrogen and oxygen atoms in total. The number of sulfone groups is 1. The molecule has 1 aliphatic heterocycles. The predicted octanol–water partition coefficient (Wildman–Crippen LogP) is 1.89. The second-order valence-corrected chi connectivity index (χ2v) is 9.12. The Morgan fingerprint density at radius 1 is 1.38 bits per heavy atom. The molecule has 1 saturated heterocycles. The minimum atomic E-state index is -3.06. The Morgan fingerprint density at radius 2 is 2.05 bits per heavy atom. The first-order valence-corrected chi connectivity index (χ1v) is 10.2. The average molecular weight is 329 g/mol. The van der Waals surface area contributed by atoms with Crippen molar-refractivity contribution in [3.63, 3.8) is 0 Å². The molecule has 0 aliphatic carbocycles. The Labute approximate surface area is 132 Å². The van der Waals surface area contributed by atoms with Crippen LogP contribution in [0.15, 0.2) is 24.3 Å². The molecule has 118 valence electrons. The van der Waals surface area contributed by atoms with Crippen LogP contribution >= 0.6 is 11.8 Å². The number of hydrogen-bond acceptors (Lipinski definition) is 5. The van der Waals surface area contributed by atoms with Crippen LogP contribution in [0.5, 0.6) is 0 Å². The van der Waals surface area contributed by atoms with Gasteiger partial charge in [-0.3, -0.25) is 0 Å². The van der Waals surface area contributed by atoms with Gasteiger partial charge in [0.15, 0.2) is 9.84 Å². The van der Waals surface area contributed by atoms with E-state index in [1.807, 2.05) is 24.0 Å². The number of thioether (sulfide) groups is 1. The van der Waals surface area contributed by atoms with Gasteiger partial charge in [0.05, 0.1) is 0 Å². The quantitative estimate of drug-likeness (QED) is 0.894. The molecule has 1 aliphatic rings. The molecule has 0 spiro atoms. The fourth-order valence-electron chi connectivity index (χ4n) is 2.56. The van der Waals surface area contributed by atoms with Gasteiger partial charge in [0, 0.05) is 35.5 Å². The molecule has 0 saturated carbocycles. The van der Waals surface area contributed by atoms with Gasteiger partial charge >= 0.3 is 0 Å². The first kappa shape index (κ1) is 16.6. The van der Waals surface area contributed by atoms with Crippen LogP contribution in [0.25, 0.3) is 0 Å². The lowest BCUT2D eigenvalue weighted by Gasteiger charge is -2.36. The van der Waals surface area contributed by atoms with Crippen LogP contribution in [0.2, 0.25) is 0 Å². The molecule has 0 aromatic heterocycles. The number of nitrogens with two attached hydrogens (primary N) is 1. The third-order valence-electron chi connectivity index (χ3n) is 3.73. The molecular formula is C15H24N2O2S2. The van der Waals surface area contributed by atoms with Gasteiger partial charge in [-0.15, -0.1) is 0 Å². The van der Waals surface area contributed by atoms with Crippen molar-refractivity contribution in [2.24, 2.45) is 5.73 Å². The lowest BCUT2D eigenvalue weighted by molar-refractivity contribution is 0.579. The summed E-state index contributed by atoms with van der Waals surface area (Å²) < 4.78 is 24.6. The molecule has 2 N–H and O–H groups in total. The summed E-state index contributed by atoms with van der Waals surface area (Å²) in [6.07, 6.45) is 0.840. The summed E-state index contributed by atoms with van der Waals surface area (Å²) in [5.74, 6) is 1.81. The van der Waals surface area contributed by atoms with Crippen molar-refractivity contribution in [2.45, 2.75) is 31.7 Å². The van der Waals surface area contributed by atoms with Crippen molar-refractivity contribution in [1.82, 2.24) is 0 Å². The molecular weight excluding hydrogens is 304 g/mol. The molecule has 2 rings (SSSR count). The van der Waals surface area contributed by atoms with Crippen LogP contribution in [0.4, 0.5) is 5.69 Å². The third kappa shape index (κ3) is 4.14. The van der Waals surface area contributed by atoms with Gasteiger partial charge in [-0.2, -0.15) is 11.8 Å². The molecule has 2 unspecified atom stereocenters. The smallest absolute Gasteiger partial charge is 0.171 e. The lowest BCUT2D eigenvalue weighted by Crippen LogP contribution is -2.48.